The minimum absolute atomic E-state index is 0. The van der Waals surface area contributed by atoms with Gasteiger partial charge in [-0.15, -0.1) is 24.0 Å². The second kappa shape index (κ2) is 13.8. The number of hydrogen-bond acceptors (Lipinski definition) is 3. The summed E-state index contributed by atoms with van der Waals surface area (Å²) in [4.78, 5) is 18.7. The summed E-state index contributed by atoms with van der Waals surface area (Å²) < 4.78 is 5.54. The van der Waals surface area contributed by atoms with Crippen molar-refractivity contribution in [1.29, 1.82) is 0 Å². The van der Waals surface area contributed by atoms with Crippen molar-refractivity contribution in [3.8, 4) is 0 Å². The molecule has 0 aromatic heterocycles. The number of nitrogens with one attached hydrogen (secondary N) is 2. The fraction of sp³-hybridized carbons (Fsp3) is 0.600. The number of para-hydroxylation sites is 1. The molecule has 1 aliphatic rings. The second-order valence-electron chi connectivity index (χ2n) is 6.45. The van der Waals surface area contributed by atoms with Crippen LogP contribution in [0.15, 0.2) is 29.3 Å². The molecule has 0 radical (unpaired) electrons. The highest BCUT2D eigenvalue weighted by Crippen LogP contribution is 2.26. The second-order valence-corrected chi connectivity index (χ2v) is 6.45. The van der Waals surface area contributed by atoms with E-state index in [9.17, 15) is 4.79 Å². The summed E-state index contributed by atoms with van der Waals surface area (Å²) in [6.45, 7) is 5.51. The van der Waals surface area contributed by atoms with Crippen molar-refractivity contribution in [1.82, 2.24) is 10.6 Å². The van der Waals surface area contributed by atoms with Gasteiger partial charge in [0.1, 0.15) is 0 Å². The number of rotatable bonds is 9. The number of anilines is 1. The molecule has 7 heteroatoms. The molecule has 0 aliphatic carbocycles. The molecule has 0 spiro atoms. The number of hydrogen-bond donors (Lipinski definition) is 2. The molecular formula is C20H33IN4O2. The van der Waals surface area contributed by atoms with Crippen LogP contribution in [0, 0.1) is 0 Å². The standard InChI is InChI=1S/C20H32N4O2.HI/c1-3-4-14-26-15-8-12-22-20(21-2)23-16-19(25)24-13-7-10-17-9-5-6-11-18(17)24;/h5-6,9,11H,3-4,7-8,10,12-16H2,1-2H3,(H2,21,22,23);1H. The minimum Gasteiger partial charge on any atom is -0.381 e. The first kappa shape index (κ1) is 23.7. The highest BCUT2D eigenvalue weighted by Gasteiger charge is 2.21. The van der Waals surface area contributed by atoms with E-state index in [0.717, 1.165) is 64.1 Å². The first-order valence-electron chi connectivity index (χ1n) is 9.66. The van der Waals surface area contributed by atoms with E-state index in [1.165, 1.54) is 5.56 Å². The zero-order valence-electron chi connectivity index (χ0n) is 16.5. The lowest BCUT2D eigenvalue weighted by Crippen LogP contribution is -2.46. The molecule has 0 unspecified atom stereocenters. The normalized spacial score (nSPS) is 13.6. The van der Waals surface area contributed by atoms with Crippen molar-refractivity contribution in [2.24, 2.45) is 4.99 Å². The number of aryl methyl sites for hydroxylation is 1. The largest absolute Gasteiger partial charge is 0.381 e. The number of ether oxygens (including phenoxy) is 1. The van der Waals surface area contributed by atoms with E-state index in [2.05, 4.69) is 28.6 Å². The van der Waals surface area contributed by atoms with Crippen molar-refractivity contribution in [2.75, 3.05) is 44.8 Å². The highest BCUT2D eigenvalue weighted by molar-refractivity contribution is 14.0. The minimum atomic E-state index is 0. The first-order chi connectivity index (χ1) is 12.8. The Labute approximate surface area is 180 Å². The van der Waals surface area contributed by atoms with Gasteiger partial charge in [0.2, 0.25) is 5.91 Å². The average molecular weight is 488 g/mol. The van der Waals surface area contributed by atoms with Crippen LogP contribution in [0.4, 0.5) is 5.69 Å². The zero-order chi connectivity index (χ0) is 18.6. The Balaban J connectivity index is 0.00000364. The van der Waals surface area contributed by atoms with Crippen LogP contribution in [0.2, 0.25) is 0 Å². The van der Waals surface area contributed by atoms with Gasteiger partial charge in [0.05, 0.1) is 6.54 Å². The van der Waals surface area contributed by atoms with Gasteiger partial charge < -0.3 is 20.3 Å². The summed E-state index contributed by atoms with van der Waals surface area (Å²) in [6, 6.07) is 8.15. The van der Waals surface area contributed by atoms with Crippen molar-refractivity contribution >= 4 is 41.5 Å². The lowest BCUT2D eigenvalue weighted by molar-refractivity contribution is -0.117. The van der Waals surface area contributed by atoms with E-state index in [0.29, 0.717) is 5.96 Å². The van der Waals surface area contributed by atoms with Crippen LogP contribution in [0.5, 0.6) is 0 Å². The van der Waals surface area contributed by atoms with E-state index < -0.39 is 0 Å². The number of halogens is 1. The third-order valence-corrected chi connectivity index (χ3v) is 4.44. The first-order valence-corrected chi connectivity index (χ1v) is 9.66. The van der Waals surface area contributed by atoms with E-state index in [1.807, 2.05) is 23.1 Å². The molecule has 2 N–H and O–H groups in total. The lowest BCUT2D eigenvalue weighted by atomic mass is 10.0. The van der Waals surface area contributed by atoms with Crippen molar-refractivity contribution in [3.63, 3.8) is 0 Å². The number of carbonyl (C=O) groups excluding carboxylic acids is 1. The maximum absolute atomic E-state index is 12.6. The third-order valence-electron chi connectivity index (χ3n) is 4.44. The number of guanidine groups is 1. The Morgan fingerprint density at radius 1 is 1.22 bits per heavy atom. The molecule has 0 atom stereocenters. The van der Waals surface area contributed by atoms with Gasteiger partial charge in [-0.1, -0.05) is 31.5 Å². The number of amides is 1. The Morgan fingerprint density at radius 3 is 2.78 bits per heavy atom. The van der Waals surface area contributed by atoms with Gasteiger partial charge in [0.25, 0.3) is 0 Å². The molecule has 1 heterocycles. The summed E-state index contributed by atoms with van der Waals surface area (Å²) in [6.07, 6.45) is 5.23. The molecule has 0 saturated carbocycles. The van der Waals surface area contributed by atoms with Crippen LogP contribution < -0.4 is 15.5 Å². The average Bonchev–Trinajstić information content (AvgIpc) is 2.68. The monoisotopic (exact) mass is 488 g/mol. The summed E-state index contributed by atoms with van der Waals surface area (Å²) in [7, 11) is 1.72. The van der Waals surface area contributed by atoms with Crippen LogP contribution in [-0.2, 0) is 16.0 Å². The van der Waals surface area contributed by atoms with E-state index in [-0.39, 0.29) is 36.4 Å². The van der Waals surface area contributed by atoms with E-state index in [4.69, 9.17) is 4.74 Å². The van der Waals surface area contributed by atoms with Gasteiger partial charge in [-0.3, -0.25) is 9.79 Å². The number of aliphatic imine (C=N–C) groups is 1. The predicted octanol–water partition coefficient (Wildman–Crippen LogP) is 2.96. The van der Waals surface area contributed by atoms with Crippen LogP contribution in [0.25, 0.3) is 0 Å². The Bertz CT molecular complexity index is 595. The van der Waals surface area contributed by atoms with Crippen LogP contribution in [0.3, 0.4) is 0 Å². The topological polar surface area (TPSA) is 66.0 Å². The van der Waals surface area contributed by atoms with Crippen molar-refractivity contribution < 1.29 is 9.53 Å². The summed E-state index contributed by atoms with van der Waals surface area (Å²) in [5, 5.41) is 6.34. The highest BCUT2D eigenvalue weighted by atomic mass is 127. The number of nitrogens with zero attached hydrogens (tertiary/aromatic N) is 2. The van der Waals surface area contributed by atoms with Crippen LogP contribution in [0.1, 0.15) is 38.2 Å². The Kier molecular flexibility index (Phi) is 12.1. The molecule has 1 aliphatic heterocycles. The number of carbonyl (C=O) groups is 1. The predicted molar refractivity (Wildman–Crippen MR) is 122 cm³/mol. The maximum atomic E-state index is 12.6. The summed E-state index contributed by atoms with van der Waals surface area (Å²) in [5.74, 6) is 0.722. The molecule has 6 nitrogen and oxygen atoms in total. The Hall–Kier alpha value is -1.35. The molecule has 152 valence electrons. The van der Waals surface area contributed by atoms with Gasteiger partial charge in [0.15, 0.2) is 5.96 Å². The zero-order valence-corrected chi connectivity index (χ0v) is 18.8. The SMILES string of the molecule is CCCCOCCCNC(=NC)NCC(=O)N1CCCc2ccccc21.I. The van der Waals surface area contributed by atoms with Gasteiger partial charge in [0, 0.05) is 39.0 Å². The smallest absolute Gasteiger partial charge is 0.246 e. The molecule has 0 saturated heterocycles. The molecular weight excluding hydrogens is 455 g/mol. The molecule has 2 rings (SSSR count). The van der Waals surface area contributed by atoms with Gasteiger partial charge in [-0.2, -0.15) is 0 Å². The quantitative estimate of drug-likeness (QED) is 0.243. The molecule has 1 aromatic carbocycles. The summed E-state index contributed by atoms with van der Waals surface area (Å²) in [5.41, 5.74) is 2.29. The summed E-state index contributed by atoms with van der Waals surface area (Å²) >= 11 is 0. The van der Waals surface area contributed by atoms with Gasteiger partial charge in [-0.05, 0) is 37.3 Å². The fourth-order valence-electron chi connectivity index (χ4n) is 3.00. The van der Waals surface area contributed by atoms with Crippen molar-refractivity contribution in [3.05, 3.63) is 29.8 Å². The van der Waals surface area contributed by atoms with Crippen LogP contribution in [-0.4, -0.2) is 51.8 Å². The van der Waals surface area contributed by atoms with E-state index >= 15 is 0 Å². The van der Waals surface area contributed by atoms with Gasteiger partial charge >= 0.3 is 0 Å². The molecule has 0 fully saturated rings. The molecule has 1 amide bonds. The number of fused-ring (bicyclic) bond motifs is 1. The van der Waals surface area contributed by atoms with Gasteiger partial charge in [-0.25, -0.2) is 0 Å². The molecule has 27 heavy (non-hydrogen) atoms. The lowest BCUT2D eigenvalue weighted by Gasteiger charge is -2.29. The van der Waals surface area contributed by atoms with E-state index in [1.54, 1.807) is 7.05 Å². The van der Waals surface area contributed by atoms with Crippen LogP contribution >= 0.6 is 24.0 Å². The Morgan fingerprint density at radius 2 is 2.00 bits per heavy atom. The maximum Gasteiger partial charge on any atom is 0.246 e. The third kappa shape index (κ3) is 8.04. The molecule has 1 aromatic rings. The fourth-order valence-corrected chi connectivity index (χ4v) is 3.00. The molecule has 0 bridgehead atoms. The number of benzene rings is 1. The number of unbranched alkanes of at least 4 members (excludes halogenated alkanes) is 1. The van der Waals surface area contributed by atoms with Crippen molar-refractivity contribution in [2.45, 2.75) is 39.0 Å².